The average molecular weight is 458 g/mol. The summed E-state index contributed by atoms with van der Waals surface area (Å²) >= 11 is 1.15. The number of hydrogen-bond donors (Lipinski definition) is 2. The van der Waals surface area contributed by atoms with E-state index in [2.05, 4.69) is 20.8 Å². The molecule has 1 aliphatic carbocycles. The van der Waals surface area contributed by atoms with Crippen LogP contribution in [0.3, 0.4) is 0 Å². The Hall–Kier alpha value is -3.67. The van der Waals surface area contributed by atoms with Crippen molar-refractivity contribution in [3.05, 3.63) is 64.2 Å². The Bertz CT molecular complexity index is 1190. The molecule has 2 amide bonds. The number of nitrogens with one attached hydrogen (secondary N) is 2. The molecule has 5 rings (SSSR count). The number of non-ortho nitro benzene ring substituents is 1. The molecule has 2 aliphatic rings. The number of carbonyl (C=O) groups is 1. The van der Waals surface area contributed by atoms with Crippen LogP contribution in [0.4, 0.5) is 30.1 Å². The molecule has 0 radical (unpaired) electrons. The molecule has 1 saturated heterocycles. The third-order valence-corrected chi connectivity index (χ3v) is 6.60. The number of nitrogens with zero attached hydrogens (tertiary/aromatic N) is 4. The van der Waals surface area contributed by atoms with Crippen LogP contribution in [-0.2, 0) is 0 Å². The minimum Gasteiger partial charge on any atom is -0.368 e. The van der Waals surface area contributed by atoms with Crippen molar-refractivity contribution in [2.45, 2.75) is 6.04 Å². The van der Waals surface area contributed by atoms with Gasteiger partial charge < -0.3 is 10.2 Å². The maximum absolute atomic E-state index is 14.0. The molecule has 164 valence electrons. The number of amides is 2. The second kappa shape index (κ2) is 7.79. The molecule has 2 N–H and O–H groups in total. The average Bonchev–Trinajstić information content (AvgIpc) is 3.13. The zero-order valence-electron chi connectivity index (χ0n) is 16.4. The highest BCUT2D eigenvalue weighted by Gasteiger charge is 2.56. The summed E-state index contributed by atoms with van der Waals surface area (Å²) in [5, 5.41) is 25.1. The monoisotopic (exact) mass is 458 g/mol. The van der Waals surface area contributed by atoms with Gasteiger partial charge in [0.05, 0.1) is 10.6 Å². The van der Waals surface area contributed by atoms with Crippen LogP contribution >= 0.6 is 11.3 Å². The number of urea groups is 1. The molecule has 1 aliphatic heterocycles. The lowest BCUT2D eigenvalue weighted by Crippen LogP contribution is -2.37. The van der Waals surface area contributed by atoms with Crippen molar-refractivity contribution in [1.82, 2.24) is 15.5 Å². The van der Waals surface area contributed by atoms with Crippen molar-refractivity contribution in [2.24, 2.45) is 11.8 Å². The van der Waals surface area contributed by atoms with Gasteiger partial charge in [0, 0.05) is 54.7 Å². The fourth-order valence-electron chi connectivity index (χ4n) is 4.08. The third kappa shape index (κ3) is 3.84. The van der Waals surface area contributed by atoms with Gasteiger partial charge in [0.1, 0.15) is 16.6 Å². The first-order valence-electron chi connectivity index (χ1n) is 9.75. The Morgan fingerprint density at radius 3 is 2.50 bits per heavy atom. The number of benzene rings is 2. The predicted molar refractivity (Wildman–Crippen MR) is 113 cm³/mol. The number of halogens is 2. The lowest BCUT2D eigenvalue weighted by Gasteiger charge is -2.22. The van der Waals surface area contributed by atoms with E-state index in [9.17, 15) is 23.7 Å². The van der Waals surface area contributed by atoms with Gasteiger partial charge in [-0.25, -0.2) is 13.6 Å². The molecule has 0 bridgehead atoms. The molecule has 2 heterocycles. The highest BCUT2D eigenvalue weighted by molar-refractivity contribution is 7.18. The lowest BCUT2D eigenvalue weighted by atomic mass is 10.2. The molecule has 1 aromatic heterocycles. The van der Waals surface area contributed by atoms with Crippen LogP contribution in [0.25, 0.3) is 10.6 Å². The number of aromatic nitrogens is 2. The van der Waals surface area contributed by atoms with Crippen LogP contribution < -0.4 is 15.5 Å². The number of carbonyl (C=O) groups excluding carboxylic acids is 1. The van der Waals surface area contributed by atoms with E-state index < -0.39 is 22.6 Å². The second-order valence-corrected chi connectivity index (χ2v) is 8.65. The van der Waals surface area contributed by atoms with Crippen LogP contribution in [0.5, 0.6) is 0 Å². The summed E-state index contributed by atoms with van der Waals surface area (Å²) in [6.45, 7) is 1.17. The Kier molecular flexibility index (Phi) is 4.93. The maximum Gasteiger partial charge on any atom is 0.321 e. The minimum absolute atomic E-state index is 0.0168. The summed E-state index contributed by atoms with van der Waals surface area (Å²) in [6, 6.07) is 9.02. The van der Waals surface area contributed by atoms with Crippen LogP contribution in [0.1, 0.15) is 0 Å². The number of anilines is 2. The molecule has 9 nitrogen and oxygen atoms in total. The van der Waals surface area contributed by atoms with Gasteiger partial charge in [0.2, 0.25) is 5.13 Å². The highest BCUT2D eigenvalue weighted by Crippen LogP contribution is 2.47. The number of rotatable bonds is 5. The van der Waals surface area contributed by atoms with E-state index in [0.29, 0.717) is 34.5 Å². The fraction of sp³-hybridized carbons (Fsp3) is 0.250. The fourth-order valence-corrected chi connectivity index (χ4v) is 4.82. The zero-order valence-corrected chi connectivity index (χ0v) is 17.2. The second-order valence-electron chi connectivity index (χ2n) is 7.67. The Morgan fingerprint density at radius 2 is 1.84 bits per heavy atom. The molecule has 2 unspecified atom stereocenters. The van der Waals surface area contributed by atoms with Gasteiger partial charge in [0.25, 0.3) is 5.69 Å². The minimum atomic E-state index is -0.611. The molecule has 2 fully saturated rings. The van der Waals surface area contributed by atoms with Gasteiger partial charge in [0.15, 0.2) is 0 Å². The summed E-state index contributed by atoms with van der Waals surface area (Å²) in [4.78, 5) is 24.5. The number of piperidine rings is 1. The van der Waals surface area contributed by atoms with Crippen LogP contribution in [-0.4, -0.2) is 40.3 Å². The molecule has 3 aromatic rings. The largest absolute Gasteiger partial charge is 0.368 e. The summed E-state index contributed by atoms with van der Waals surface area (Å²) in [5.74, 6) is -0.792. The van der Waals surface area contributed by atoms with Gasteiger partial charge >= 0.3 is 6.03 Å². The Balaban J connectivity index is 1.14. The van der Waals surface area contributed by atoms with Gasteiger partial charge in [-0.2, -0.15) is 0 Å². The van der Waals surface area contributed by atoms with E-state index in [1.165, 1.54) is 24.3 Å². The van der Waals surface area contributed by atoms with Crippen LogP contribution in [0.15, 0.2) is 42.5 Å². The SMILES string of the molecule is O=C(Nc1nnc(-c2ccc([N+](=O)[O-])cc2)s1)NC1C2CN(c3ccc(F)cc3F)CC21. The van der Waals surface area contributed by atoms with E-state index >= 15 is 0 Å². The lowest BCUT2D eigenvalue weighted by molar-refractivity contribution is -0.384. The van der Waals surface area contributed by atoms with Crippen LogP contribution in [0.2, 0.25) is 0 Å². The standard InChI is InChI=1S/C20H16F2N6O3S/c21-11-3-6-16(15(22)7-11)27-8-13-14(9-27)17(13)23-19(29)24-20-26-25-18(32-20)10-1-4-12(5-2-10)28(30)31/h1-7,13-14,17H,8-9H2,(H2,23,24,26,29). The molecule has 1 saturated carbocycles. The number of nitro groups is 1. The smallest absolute Gasteiger partial charge is 0.321 e. The van der Waals surface area contributed by atoms with E-state index in [1.807, 2.05) is 4.90 Å². The highest BCUT2D eigenvalue weighted by atomic mass is 32.1. The first-order chi connectivity index (χ1) is 15.4. The molecule has 32 heavy (non-hydrogen) atoms. The van der Waals surface area contributed by atoms with Crippen molar-refractivity contribution >= 4 is 33.9 Å². The van der Waals surface area contributed by atoms with Gasteiger partial charge in [-0.15, -0.1) is 10.2 Å². The van der Waals surface area contributed by atoms with E-state index in [0.717, 1.165) is 17.4 Å². The molecular formula is C20H16F2N6O3S. The molecule has 2 atom stereocenters. The van der Waals surface area contributed by atoms with Crippen LogP contribution in [0, 0.1) is 33.6 Å². The molecule has 12 heteroatoms. The van der Waals surface area contributed by atoms with Gasteiger partial charge in [-0.05, 0) is 24.3 Å². The van der Waals surface area contributed by atoms with Gasteiger partial charge in [-0.1, -0.05) is 11.3 Å². The van der Waals surface area contributed by atoms with Crippen molar-refractivity contribution in [1.29, 1.82) is 0 Å². The van der Waals surface area contributed by atoms with E-state index in [-0.39, 0.29) is 23.6 Å². The van der Waals surface area contributed by atoms with Crippen molar-refractivity contribution in [3.63, 3.8) is 0 Å². The third-order valence-electron chi connectivity index (χ3n) is 5.71. The number of hydrogen-bond acceptors (Lipinski definition) is 7. The predicted octanol–water partition coefficient (Wildman–Crippen LogP) is 3.65. The topological polar surface area (TPSA) is 113 Å². The summed E-state index contributed by atoms with van der Waals surface area (Å²) < 4.78 is 27.1. The van der Waals surface area contributed by atoms with Gasteiger partial charge in [-0.3, -0.25) is 15.4 Å². The molecule has 0 spiro atoms. The van der Waals surface area contributed by atoms with Crippen molar-refractivity contribution in [3.8, 4) is 10.6 Å². The summed E-state index contributed by atoms with van der Waals surface area (Å²) in [6.07, 6.45) is 0. The normalized spacial score (nSPS) is 21.2. The summed E-state index contributed by atoms with van der Waals surface area (Å²) in [7, 11) is 0. The number of nitro benzene ring substituents is 1. The first-order valence-corrected chi connectivity index (χ1v) is 10.6. The first kappa shape index (κ1) is 20.2. The quantitative estimate of drug-likeness (QED) is 0.446. The molecular weight excluding hydrogens is 442 g/mol. The maximum atomic E-state index is 14.0. The molecule has 2 aromatic carbocycles. The Labute approximate surface area is 184 Å². The Morgan fingerprint density at radius 1 is 1.12 bits per heavy atom. The van der Waals surface area contributed by atoms with Crippen molar-refractivity contribution < 1.29 is 18.5 Å². The zero-order chi connectivity index (χ0) is 22.4. The summed E-state index contributed by atoms with van der Waals surface area (Å²) in [5.41, 5.74) is 1.01. The van der Waals surface area contributed by atoms with E-state index in [1.54, 1.807) is 12.1 Å². The van der Waals surface area contributed by atoms with Crippen molar-refractivity contribution in [2.75, 3.05) is 23.3 Å². The van der Waals surface area contributed by atoms with E-state index in [4.69, 9.17) is 0 Å². The number of fused-ring (bicyclic) bond motifs is 1.